The molecule has 0 bridgehead atoms. The molecule has 0 fully saturated rings. The fourth-order valence-electron chi connectivity index (χ4n) is 1.56. The van der Waals surface area contributed by atoms with E-state index in [9.17, 15) is 9.59 Å². The molecule has 0 heterocycles. The predicted octanol–water partition coefficient (Wildman–Crippen LogP) is 3.72. The fraction of sp³-hybridized carbons (Fsp3) is 0.875. The molecule has 0 spiro atoms. The molecule has 0 aromatic heterocycles. The van der Waals surface area contributed by atoms with Crippen LogP contribution in [0, 0.1) is 11.3 Å². The van der Waals surface area contributed by atoms with Crippen LogP contribution < -0.4 is 0 Å². The van der Waals surface area contributed by atoms with Crippen LogP contribution >= 0.6 is 0 Å². The van der Waals surface area contributed by atoms with E-state index in [2.05, 4.69) is 0 Å². The molecule has 0 aliphatic rings. The molecule has 2 atom stereocenters. The lowest BCUT2D eigenvalue weighted by atomic mass is 9.90. The minimum absolute atomic E-state index is 0.0768. The van der Waals surface area contributed by atoms with Gasteiger partial charge in [-0.1, -0.05) is 41.5 Å². The van der Waals surface area contributed by atoms with E-state index in [0.717, 1.165) is 6.42 Å². The zero-order valence-electron chi connectivity index (χ0n) is 14.0. The van der Waals surface area contributed by atoms with Crippen molar-refractivity contribution in [2.24, 2.45) is 11.3 Å². The number of carbonyl (C=O) groups is 2. The van der Waals surface area contributed by atoms with Crippen LogP contribution in [-0.4, -0.2) is 24.1 Å². The summed E-state index contributed by atoms with van der Waals surface area (Å²) in [6.45, 7) is 13.9. The Hall–Kier alpha value is -1.06. The van der Waals surface area contributed by atoms with Crippen molar-refractivity contribution in [1.82, 2.24) is 0 Å². The third kappa shape index (κ3) is 7.51. The van der Waals surface area contributed by atoms with Gasteiger partial charge in [-0.05, 0) is 24.7 Å². The highest BCUT2D eigenvalue weighted by atomic mass is 16.6. The van der Waals surface area contributed by atoms with Crippen molar-refractivity contribution in [2.45, 2.75) is 79.9 Å². The summed E-state index contributed by atoms with van der Waals surface area (Å²) in [5.74, 6) is -0.385. The van der Waals surface area contributed by atoms with E-state index in [0.29, 0.717) is 0 Å². The lowest BCUT2D eigenvalue weighted by Gasteiger charge is -2.26. The summed E-state index contributed by atoms with van der Waals surface area (Å²) in [4.78, 5) is 23.3. The average molecular weight is 286 g/mol. The van der Waals surface area contributed by atoms with E-state index >= 15 is 0 Å². The Morgan fingerprint density at radius 2 is 1.40 bits per heavy atom. The highest BCUT2D eigenvalue weighted by Crippen LogP contribution is 2.22. The minimum Gasteiger partial charge on any atom is -0.462 e. The average Bonchev–Trinajstić information content (AvgIpc) is 2.31. The summed E-state index contributed by atoms with van der Waals surface area (Å²) < 4.78 is 10.6. The molecule has 0 rings (SSSR count). The van der Waals surface area contributed by atoms with Crippen LogP contribution in [0.4, 0.5) is 0 Å². The van der Waals surface area contributed by atoms with Gasteiger partial charge in [0.1, 0.15) is 12.2 Å². The van der Waals surface area contributed by atoms with Crippen LogP contribution in [0.3, 0.4) is 0 Å². The standard InChI is InChI=1S/C16H30O4/c1-8-13(11(2)3)20-15(18)10-9-14(17)19-12(4)16(5,6)7/h11-13H,8-10H2,1-7H3. The lowest BCUT2D eigenvalue weighted by molar-refractivity contribution is -0.159. The molecule has 0 saturated carbocycles. The Morgan fingerprint density at radius 3 is 1.75 bits per heavy atom. The smallest absolute Gasteiger partial charge is 0.306 e. The first-order chi connectivity index (χ1) is 9.07. The number of hydrogen-bond donors (Lipinski definition) is 0. The third-order valence-corrected chi connectivity index (χ3v) is 3.49. The van der Waals surface area contributed by atoms with E-state index in [1.54, 1.807) is 0 Å². The van der Waals surface area contributed by atoms with Crippen molar-refractivity contribution in [3.8, 4) is 0 Å². The summed E-state index contributed by atoms with van der Waals surface area (Å²) >= 11 is 0. The van der Waals surface area contributed by atoms with Crippen molar-refractivity contribution < 1.29 is 19.1 Å². The SMILES string of the molecule is CCC(OC(=O)CCC(=O)OC(C)C(C)(C)C)C(C)C. The highest BCUT2D eigenvalue weighted by molar-refractivity contribution is 5.77. The third-order valence-electron chi connectivity index (χ3n) is 3.49. The van der Waals surface area contributed by atoms with Crippen LogP contribution in [0.1, 0.15) is 67.7 Å². The van der Waals surface area contributed by atoms with Crippen molar-refractivity contribution in [3.63, 3.8) is 0 Å². The van der Waals surface area contributed by atoms with Crippen LogP contribution in [0.2, 0.25) is 0 Å². The number of ether oxygens (including phenoxy) is 2. The van der Waals surface area contributed by atoms with Gasteiger partial charge >= 0.3 is 11.9 Å². The second kappa shape index (κ2) is 8.28. The van der Waals surface area contributed by atoms with Gasteiger partial charge < -0.3 is 9.47 Å². The maximum atomic E-state index is 11.7. The summed E-state index contributed by atoms with van der Waals surface area (Å²) in [7, 11) is 0. The topological polar surface area (TPSA) is 52.6 Å². The van der Waals surface area contributed by atoms with E-state index in [1.807, 2.05) is 48.5 Å². The monoisotopic (exact) mass is 286 g/mol. The normalized spacial score (nSPS) is 14.8. The molecule has 4 heteroatoms. The Kier molecular flexibility index (Phi) is 7.84. The Labute approximate surface area is 123 Å². The van der Waals surface area contributed by atoms with Gasteiger partial charge in [0.05, 0.1) is 12.8 Å². The van der Waals surface area contributed by atoms with Crippen molar-refractivity contribution in [1.29, 1.82) is 0 Å². The largest absolute Gasteiger partial charge is 0.462 e. The van der Waals surface area contributed by atoms with Gasteiger partial charge in [-0.15, -0.1) is 0 Å². The first-order valence-electron chi connectivity index (χ1n) is 7.46. The summed E-state index contributed by atoms with van der Waals surface area (Å²) in [6, 6.07) is 0. The molecular weight excluding hydrogens is 256 g/mol. The molecule has 0 saturated heterocycles. The molecule has 0 aliphatic carbocycles. The van der Waals surface area contributed by atoms with Gasteiger partial charge in [0.15, 0.2) is 0 Å². The van der Waals surface area contributed by atoms with Gasteiger partial charge in [-0.3, -0.25) is 9.59 Å². The van der Waals surface area contributed by atoms with Crippen LogP contribution in [-0.2, 0) is 19.1 Å². The quantitative estimate of drug-likeness (QED) is 0.669. The molecule has 0 radical (unpaired) electrons. The van der Waals surface area contributed by atoms with Crippen LogP contribution in [0.15, 0.2) is 0 Å². The molecule has 20 heavy (non-hydrogen) atoms. The second-order valence-corrected chi connectivity index (χ2v) is 6.68. The molecule has 0 aromatic rings. The van der Waals surface area contributed by atoms with E-state index in [-0.39, 0.29) is 48.3 Å². The number of rotatable bonds is 7. The maximum Gasteiger partial charge on any atom is 0.306 e. The van der Waals surface area contributed by atoms with Gasteiger partial charge in [0, 0.05) is 0 Å². The van der Waals surface area contributed by atoms with Gasteiger partial charge in [0.2, 0.25) is 0 Å². The number of esters is 2. The predicted molar refractivity (Wildman–Crippen MR) is 79.3 cm³/mol. The summed E-state index contributed by atoms with van der Waals surface area (Å²) in [6.07, 6.45) is 0.693. The van der Waals surface area contributed by atoms with E-state index in [1.165, 1.54) is 0 Å². The summed E-state index contributed by atoms with van der Waals surface area (Å²) in [5, 5.41) is 0. The van der Waals surface area contributed by atoms with Gasteiger partial charge in [-0.2, -0.15) is 0 Å². The number of hydrogen-bond acceptors (Lipinski definition) is 4. The summed E-state index contributed by atoms with van der Waals surface area (Å²) in [5.41, 5.74) is -0.0961. The zero-order valence-corrected chi connectivity index (χ0v) is 14.0. The fourth-order valence-corrected chi connectivity index (χ4v) is 1.56. The lowest BCUT2D eigenvalue weighted by Crippen LogP contribution is -2.29. The van der Waals surface area contributed by atoms with Crippen molar-refractivity contribution in [3.05, 3.63) is 0 Å². The molecular formula is C16H30O4. The Bertz CT molecular complexity index is 299. The Balaban J connectivity index is 4.10. The van der Waals surface area contributed by atoms with Gasteiger partial charge in [-0.25, -0.2) is 0 Å². The van der Waals surface area contributed by atoms with E-state index in [4.69, 9.17) is 9.47 Å². The zero-order chi connectivity index (χ0) is 15.9. The molecule has 4 nitrogen and oxygen atoms in total. The maximum absolute atomic E-state index is 11.7. The molecule has 0 N–H and O–H groups in total. The van der Waals surface area contributed by atoms with Crippen LogP contribution in [0.5, 0.6) is 0 Å². The van der Waals surface area contributed by atoms with E-state index < -0.39 is 0 Å². The highest BCUT2D eigenvalue weighted by Gasteiger charge is 2.24. The van der Waals surface area contributed by atoms with Crippen molar-refractivity contribution >= 4 is 11.9 Å². The number of carbonyl (C=O) groups excluding carboxylic acids is 2. The molecule has 0 amide bonds. The first kappa shape index (κ1) is 18.9. The van der Waals surface area contributed by atoms with Crippen LogP contribution in [0.25, 0.3) is 0 Å². The Morgan fingerprint density at radius 1 is 0.950 bits per heavy atom. The van der Waals surface area contributed by atoms with Crippen molar-refractivity contribution in [2.75, 3.05) is 0 Å². The molecule has 2 unspecified atom stereocenters. The first-order valence-corrected chi connectivity index (χ1v) is 7.46. The van der Waals surface area contributed by atoms with Gasteiger partial charge in [0.25, 0.3) is 0 Å². The molecule has 118 valence electrons. The molecule has 0 aromatic carbocycles. The molecule has 0 aliphatic heterocycles. The second-order valence-electron chi connectivity index (χ2n) is 6.68. The minimum atomic E-state index is -0.345.